The van der Waals surface area contributed by atoms with Crippen LogP contribution in [0.1, 0.15) is 17.4 Å². The zero-order chi connectivity index (χ0) is 17.4. The molecule has 0 aliphatic heterocycles. The third-order valence-corrected chi connectivity index (χ3v) is 4.54. The van der Waals surface area contributed by atoms with Crippen LogP contribution in [-0.4, -0.2) is 27.2 Å². The summed E-state index contributed by atoms with van der Waals surface area (Å²) in [5, 5.41) is 8.50. The summed E-state index contributed by atoms with van der Waals surface area (Å²) in [6, 6.07) is 11.3. The third kappa shape index (κ3) is 6.21. The molecule has 0 atom stereocenters. The van der Waals surface area contributed by atoms with Crippen LogP contribution in [0.5, 0.6) is 0 Å². The number of benzene rings is 1. The summed E-state index contributed by atoms with van der Waals surface area (Å²) in [7, 11) is -3.32. The highest BCUT2D eigenvalue weighted by Gasteiger charge is 2.07. The maximum Gasteiger partial charge on any atom is 0.229 e. The molecule has 0 bridgehead atoms. The Morgan fingerprint density at radius 2 is 1.96 bits per heavy atom. The normalized spacial score (nSPS) is 12.0. The van der Waals surface area contributed by atoms with Crippen molar-refractivity contribution in [2.75, 3.05) is 17.5 Å². The molecule has 0 aliphatic carbocycles. The third-order valence-electron chi connectivity index (χ3n) is 3.07. The Morgan fingerprint density at radius 3 is 2.62 bits per heavy atom. The van der Waals surface area contributed by atoms with Gasteiger partial charge in [0.25, 0.3) is 0 Å². The largest absolute Gasteiger partial charge is 0.357 e. The number of sulfonamides is 1. The molecule has 2 rings (SSSR count). The van der Waals surface area contributed by atoms with Gasteiger partial charge in [-0.2, -0.15) is 0 Å². The smallest absolute Gasteiger partial charge is 0.229 e. The molecule has 0 spiro atoms. The average Bonchev–Trinajstić information content (AvgIpc) is 3.03. The second kappa shape index (κ2) is 8.70. The lowest BCUT2D eigenvalue weighted by atomic mass is 10.2. The maximum absolute atomic E-state index is 11.5. The van der Waals surface area contributed by atoms with E-state index in [1.54, 1.807) is 23.5 Å². The molecule has 0 unspecified atom stereocenters. The molecule has 0 radical (unpaired) electrons. The molecule has 0 saturated heterocycles. The summed E-state index contributed by atoms with van der Waals surface area (Å²) < 4.78 is 25.4. The summed E-state index contributed by atoms with van der Waals surface area (Å²) in [5.74, 6) is 0.694. The standard InChI is InChI=1S/C16H22N4O2S2/c1-3-17-16(19-12-14-8-6-10-23-14)18-11-13-7-4-5-9-15(13)20-24(2,21)22/h4-10,20H,3,11-12H2,1-2H3,(H2,17,18,19). The van der Waals surface area contributed by atoms with Crippen molar-refractivity contribution in [3.8, 4) is 0 Å². The molecule has 24 heavy (non-hydrogen) atoms. The number of anilines is 1. The fraction of sp³-hybridized carbons (Fsp3) is 0.312. The number of aliphatic imine (C=N–C) groups is 1. The van der Waals surface area contributed by atoms with Gasteiger partial charge in [0.1, 0.15) is 0 Å². The highest BCUT2D eigenvalue weighted by atomic mass is 32.2. The van der Waals surface area contributed by atoms with Crippen LogP contribution < -0.4 is 15.4 Å². The van der Waals surface area contributed by atoms with Gasteiger partial charge in [-0.25, -0.2) is 13.4 Å². The Kier molecular flexibility index (Phi) is 6.62. The number of nitrogens with zero attached hydrogens (tertiary/aromatic N) is 1. The van der Waals surface area contributed by atoms with E-state index >= 15 is 0 Å². The first-order valence-corrected chi connectivity index (χ1v) is 10.4. The second-order valence-electron chi connectivity index (χ2n) is 5.16. The van der Waals surface area contributed by atoms with E-state index in [1.165, 1.54) is 4.88 Å². The van der Waals surface area contributed by atoms with Gasteiger partial charge in [-0.1, -0.05) is 24.3 Å². The summed E-state index contributed by atoms with van der Waals surface area (Å²) in [5.41, 5.74) is 1.37. The molecule has 1 heterocycles. The molecule has 0 fully saturated rings. The van der Waals surface area contributed by atoms with Gasteiger partial charge in [0, 0.05) is 11.4 Å². The molecule has 3 N–H and O–H groups in total. The van der Waals surface area contributed by atoms with Gasteiger partial charge in [-0.3, -0.25) is 4.72 Å². The Hall–Kier alpha value is -2.06. The predicted molar refractivity (Wildman–Crippen MR) is 101 cm³/mol. The summed E-state index contributed by atoms with van der Waals surface area (Å²) in [4.78, 5) is 5.76. The topological polar surface area (TPSA) is 82.6 Å². The quantitative estimate of drug-likeness (QED) is 0.519. The Morgan fingerprint density at radius 1 is 1.17 bits per heavy atom. The SMILES string of the molecule is CCNC(=NCc1ccccc1NS(C)(=O)=O)NCc1cccs1. The Balaban J connectivity index is 2.07. The second-order valence-corrected chi connectivity index (χ2v) is 7.94. The van der Waals surface area contributed by atoms with E-state index < -0.39 is 10.0 Å². The average molecular weight is 367 g/mol. The fourth-order valence-electron chi connectivity index (χ4n) is 2.05. The van der Waals surface area contributed by atoms with Crippen LogP contribution in [0.3, 0.4) is 0 Å². The highest BCUT2D eigenvalue weighted by molar-refractivity contribution is 7.92. The molecule has 1 aromatic carbocycles. The van der Waals surface area contributed by atoms with Crippen molar-refractivity contribution in [1.82, 2.24) is 10.6 Å². The van der Waals surface area contributed by atoms with Crippen LogP contribution in [0, 0.1) is 0 Å². The number of guanidine groups is 1. The molecule has 0 saturated carbocycles. The minimum absolute atomic E-state index is 0.373. The molecule has 6 nitrogen and oxygen atoms in total. The van der Waals surface area contributed by atoms with Crippen LogP contribution >= 0.6 is 11.3 Å². The van der Waals surface area contributed by atoms with E-state index in [-0.39, 0.29) is 0 Å². The summed E-state index contributed by atoms with van der Waals surface area (Å²) >= 11 is 1.68. The van der Waals surface area contributed by atoms with Gasteiger partial charge >= 0.3 is 0 Å². The first-order valence-electron chi connectivity index (χ1n) is 7.58. The molecular formula is C16H22N4O2S2. The van der Waals surface area contributed by atoms with Crippen LogP contribution in [0.15, 0.2) is 46.8 Å². The lowest BCUT2D eigenvalue weighted by molar-refractivity contribution is 0.606. The number of para-hydroxylation sites is 1. The number of thiophene rings is 1. The first-order chi connectivity index (χ1) is 11.5. The van der Waals surface area contributed by atoms with Crippen molar-refractivity contribution in [3.05, 3.63) is 52.2 Å². The van der Waals surface area contributed by atoms with Crippen molar-refractivity contribution in [3.63, 3.8) is 0 Å². The lowest BCUT2D eigenvalue weighted by Gasteiger charge is -2.12. The predicted octanol–water partition coefficient (Wildman–Crippen LogP) is 2.37. The molecule has 1 aromatic heterocycles. The number of hydrogen-bond donors (Lipinski definition) is 3. The van der Waals surface area contributed by atoms with E-state index in [0.29, 0.717) is 24.7 Å². The van der Waals surface area contributed by atoms with Crippen LogP contribution in [0.25, 0.3) is 0 Å². The molecule has 0 aliphatic rings. The zero-order valence-corrected chi connectivity index (χ0v) is 15.4. The maximum atomic E-state index is 11.5. The monoisotopic (exact) mass is 366 g/mol. The highest BCUT2D eigenvalue weighted by Crippen LogP contribution is 2.17. The minimum atomic E-state index is -3.32. The Labute approximate surface area is 147 Å². The van der Waals surface area contributed by atoms with Gasteiger partial charge in [0.2, 0.25) is 10.0 Å². The van der Waals surface area contributed by atoms with Crippen molar-refractivity contribution < 1.29 is 8.42 Å². The van der Waals surface area contributed by atoms with Crippen molar-refractivity contribution in [1.29, 1.82) is 0 Å². The molecular weight excluding hydrogens is 344 g/mol. The molecule has 130 valence electrons. The van der Waals surface area contributed by atoms with E-state index in [2.05, 4.69) is 26.4 Å². The van der Waals surface area contributed by atoms with E-state index in [1.807, 2.05) is 30.5 Å². The van der Waals surface area contributed by atoms with Crippen molar-refractivity contribution in [2.45, 2.75) is 20.0 Å². The van der Waals surface area contributed by atoms with Crippen molar-refractivity contribution in [2.24, 2.45) is 4.99 Å². The molecule has 0 amide bonds. The number of hydrogen-bond acceptors (Lipinski definition) is 4. The van der Waals surface area contributed by atoms with Gasteiger partial charge < -0.3 is 10.6 Å². The molecule has 2 aromatic rings. The van der Waals surface area contributed by atoms with Crippen LogP contribution in [-0.2, 0) is 23.1 Å². The summed E-state index contributed by atoms with van der Waals surface area (Å²) in [6.45, 7) is 3.83. The van der Waals surface area contributed by atoms with Crippen LogP contribution in [0.2, 0.25) is 0 Å². The fourth-order valence-corrected chi connectivity index (χ4v) is 3.29. The van der Waals surface area contributed by atoms with Crippen LogP contribution in [0.4, 0.5) is 5.69 Å². The number of nitrogens with one attached hydrogen (secondary N) is 3. The van der Waals surface area contributed by atoms with Crippen molar-refractivity contribution >= 4 is 33.0 Å². The summed E-state index contributed by atoms with van der Waals surface area (Å²) in [6.07, 6.45) is 1.14. The number of rotatable bonds is 7. The van der Waals surface area contributed by atoms with E-state index in [4.69, 9.17) is 0 Å². The van der Waals surface area contributed by atoms with E-state index in [9.17, 15) is 8.42 Å². The van der Waals surface area contributed by atoms with Gasteiger partial charge in [0.15, 0.2) is 5.96 Å². The Bertz CT molecular complexity index is 771. The van der Waals surface area contributed by atoms with Gasteiger partial charge in [0.05, 0.1) is 25.0 Å². The van der Waals surface area contributed by atoms with E-state index in [0.717, 1.165) is 18.4 Å². The first kappa shape index (κ1) is 18.3. The van der Waals surface area contributed by atoms with Gasteiger partial charge in [-0.15, -0.1) is 11.3 Å². The minimum Gasteiger partial charge on any atom is -0.357 e. The zero-order valence-electron chi connectivity index (χ0n) is 13.7. The molecule has 8 heteroatoms. The lowest BCUT2D eigenvalue weighted by Crippen LogP contribution is -2.36. The van der Waals surface area contributed by atoms with Gasteiger partial charge in [-0.05, 0) is 30.0 Å².